The molecule has 0 saturated carbocycles. The Morgan fingerprint density at radius 3 is 2.52 bits per heavy atom. The second-order valence-electron chi connectivity index (χ2n) is 5.00. The van der Waals surface area contributed by atoms with Crippen LogP contribution in [0.15, 0.2) is 12.1 Å². The van der Waals surface area contributed by atoms with E-state index in [1.807, 2.05) is 0 Å². The number of nitro groups is 1. The van der Waals surface area contributed by atoms with Crippen molar-refractivity contribution in [2.24, 2.45) is 5.92 Å². The zero-order valence-corrected chi connectivity index (χ0v) is 11.2. The van der Waals surface area contributed by atoms with Gasteiger partial charge in [-0.2, -0.15) is 0 Å². The first-order valence-corrected chi connectivity index (χ1v) is 6.51. The van der Waals surface area contributed by atoms with Crippen LogP contribution in [-0.2, 0) is 0 Å². The number of piperidine rings is 1. The van der Waals surface area contributed by atoms with Crippen LogP contribution in [0.4, 0.5) is 15.8 Å². The van der Waals surface area contributed by atoms with Crippen LogP contribution in [-0.4, -0.2) is 40.8 Å². The summed E-state index contributed by atoms with van der Waals surface area (Å²) >= 11 is 0. The molecule has 0 amide bonds. The molecule has 1 aliphatic heterocycles. The summed E-state index contributed by atoms with van der Waals surface area (Å²) in [5, 5.41) is 29.1. The molecule has 1 heterocycles. The van der Waals surface area contributed by atoms with Crippen LogP contribution in [0.3, 0.4) is 0 Å². The van der Waals surface area contributed by atoms with Gasteiger partial charge in [-0.25, -0.2) is 9.18 Å². The number of nitro benzene ring substituents is 1. The average molecular weight is 298 g/mol. The predicted molar refractivity (Wildman–Crippen MR) is 72.0 cm³/mol. The third-order valence-corrected chi connectivity index (χ3v) is 3.70. The molecule has 0 atom stereocenters. The van der Waals surface area contributed by atoms with E-state index in [4.69, 9.17) is 10.2 Å². The number of anilines is 1. The Bertz CT molecular complexity index is 570. The van der Waals surface area contributed by atoms with Crippen LogP contribution in [0.2, 0.25) is 0 Å². The molecule has 1 fully saturated rings. The van der Waals surface area contributed by atoms with Crippen LogP contribution in [0, 0.1) is 21.8 Å². The van der Waals surface area contributed by atoms with Gasteiger partial charge in [-0.15, -0.1) is 0 Å². The predicted octanol–water partition coefficient (Wildman–Crippen LogP) is 1.64. The number of nitrogens with zero attached hydrogens (tertiary/aromatic N) is 2. The van der Waals surface area contributed by atoms with Gasteiger partial charge in [0.05, 0.1) is 16.6 Å². The van der Waals surface area contributed by atoms with E-state index in [2.05, 4.69) is 0 Å². The normalized spacial score (nSPS) is 16.0. The van der Waals surface area contributed by atoms with Gasteiger partial charge in [0, 0.05) is 19.7 Å². The Hall–Kier alpha value is -2.22. The van der Waals surface area contributed by atoms with Crippen molar-refractivity contribution in [3.63, 3.8) is 0 Å². The van der Waals surface area contributed by atoms with E-state index in [0.29, 0.717) is 32.0 Å². The third kappa shape index (κ3) is 3.10. The maximum absolute atomic E-state index is 13.6. The Balaban J connectivity index is 2.39. The fraction of sp³-hybridized carbons (Fsp3) is 0.462. The SMILES string of the molecule is O=C(O)c1cc(N2CCC(CO)CC2)c([N+](=O)[O-])cc1F. The van der Waals surface area contributed by atoms with Crippen molar-refractivity contribution in [1.29, 1.82) is 0 Å². The lowest BCUT2D eigenvalue weighted by molar-refractivity contribution is -0.384. The van der Waals surface area contributed by atoms with Crippen molar-refractivity contribution in [2.45, 2.75) is 12.8 Å². The van der Waals surface area contributed by atoms with Crippen molar-refractivity contribution in [3.05, 3.63) is 33.6 Å². The molecule has 114 valence electrons. The summed E-state index contributed by atoms with van der Waals surface area (Å²) in [4.78, 5) is 23.0. The third-order valence-electron chi connectivity index (χ3n) is 3.70. The lowest BCUT2D eigenvalue weighted by atomic mass is 9.97. The summed E-state index contributed by atoms with van der Waals surface area (Å²) in [5.41, 5.74) is -0.921. The molecule has 0 aliphatic carbocycles. The van der Waals surface area contributed by atoms with E-state index in [0.717, 1.165) is 6.07 Å². The van der Waals surface area contributed by atoms with Gasteiger partial charge in [-0.3, -0.25) is 10.1 Å². The number of hydrogen-bond donors (Lipinski definition) is 2. The van der Waals surface area contributed by atoms with E-state index in [9.17, 15) is 19.3 Å². The number of rotatable bonds is 4. The topological polar surface area (TPSA) is 104 Å². The molecule has 21 heavy (non-hydrogen) atoms. The van der Waals surface area contributed by atoms with Gasteiger partial charge in [0.2, 0.25) is 0 Å². The number of carboxylic acids is 1. The number of aliphatic hydroxyl groups is 1. The number of carbonyl (C=O) groups is 1. The van der Waals surface area contributed by atoms with Gasteiger partial charge in [0.25, 0.3) is 5.69 Å². The number of halogens is 1. The highest BCUT2D eigenvalue weighted by atomic mass is 19.1. The highest BCUT2D eigenvalue weighted by molar-refractivity contribution is 5.90. The van der Waals surface area contributed by atoms with Gasteiger partial charge in [-0.1, -0.05) is 0 Å². The van der Waals surface area contributed by atoms with E-state index in [1.54, 1.807) is 4.90 Å². The van der Waals surface area contributed by atoms with Crippen molar-refractivity contribution in [1.82, 2.24) is 0 Å². The molecule has 7 nitrogen and oxygen atoms in total. The van der Waals surface area contributed by atoms with Gasteiger partial charge in [0.15, 0.2) is 0 Å². The molecule has 0 unspecified atom stereocenters. The van der Waals surface area contributed by atoms with Crippen molar-refractivity contribution >= 4 is 17.3 Å². The quantitative estimate of drug-likeness (QED) is 0.647. The van der Waals surface area contributed by atoms with Crippen molar-refractivity contribution in [3.8, 4) is 0 Å². The minimum absolute atomic E-state index is 0.0553. The number of benzene rings is 1. The summed E-state index contributed by atoms with van der Waals surface area (Å²) < 4.78 is 13.6. The summed E-state index contributed by atoms with van der Waals surface area (Å²) in [5.74, 6) is -2.45. The standard InChI is InChI=1S/C13H15FN2O5/c14-10-6-12(16(20)21)11(5-9(10)13(18)19)15-3-1-8(7-17)2-4-15/h5-6,8,17H,1-4,7H2,(H,18,19). The van der Waals surface area contributed by atoms with Crippen molar-refractivity contribution in [2.75, 3.05) is 24.6 Å². The van der Waals surface area contributed by atoms with Gasteiger partial charge in [-0.05, 0) is 24.8 Å². The Morgan fingerprint density at radius 1 is 1.43 bits per heavy atom. The van der Waals surface area contributed by atoms with E-state index in [-0.39, 0.29) is 18.2 Å². The number of aliphatic hydroxyl groups excluding tert-OH is 1. The summed E-state index contributed by atoms with van der Waals surface area (Å²) in [7, 11) is 0. The second-order valence-corrected chi connectivity index (χ2v) is 5.00. The fourth-order valence-electron chi connectivity index (χ4n) is 2.47. The molecule has 0 spiro atoms. The van der Waals surface area contributed by atoms with Crippen LogP contribution in [0.5, 0.6) is 0 Å². The van der Waals surface area contributed by atoms with Crippen LogP contribution >= 0.6 is 0 Å². The number of aromatic carboxylic acids is 1. The van der Waals surface area contributed by atoms with Crippen LogP contribution < -0.4 is 4.90 Å². The first-order chi connectivity index (χ1) is 9.93. The highest BCUT2D eigenvalue weighted by Gasteiger charge is 2.27. The largest absolute Gasteiger partial charge is 0.478 e. The minimum Gasteiger partial charge on any atom is -0.478 e. The van der Waals surface area contributed by atoms with E-state index < -0.39 is 28.0 Å². The first-order valence-electron chi connectivity index (χ1n) is 6.51. The fourth-order valence-corrected chi connectivity index (χ4v) is 2.47. The summed E-state index contributed by atoms with van der Waals surface area (Å²) in [6.07, 6.45) is 1.29. The molecule has 2 N–H and O–H groups in total. The molecule has 8 heteroatoms. The highest BCUT2D eigenvalue weighted by Crippen LogP contribution is 2.33. The zero-order valence-electron chi connectivity index (χ0n) is 11.2. The van der Waals surface area contributed by atoms with Gasteiger partial charge < -0.3 is 15.1 Å². The second kappa shape index (κ2) is 6.04. The number of hydrogen-bond acceptors (Lipinski definition) is 5. The van der Waals surface area contributed by atoms with Gasteiger partial charge in [0.1, 0.15) is 11.5 Å². The van der Waals surface area contributed by atoms with Crippen LogP contribution in [0.25, 0.3) is 0 Å². The average Bonchev–Trinajstić information content (AvgIpc) is 2.46. The monoisotopic (exact) mass is 298 g/mol. The lowest BCUT2D eigenvalue weighted by Crippen LogP contribution is -2.35. The molecular formula is C13H15FN2O5. The van der Waals surface area contributed by atoms with E-state index in [1.165, 1.54) is 0 Å². The number of carboxylic acid groups (broad SMARTS) is 1. The molecule has 1 aliphatic rings. The molecule has 2 rings (SSSR count). The maximum Gasteiger partial charge on any atom is 0.338 e. The van der Waals surface area contributed by atoms with Crippen LogP contribution in [0.1, 0.15) is 23.2 Å². The molecule has 0 bridgehead atoms. The summed E-state index contributed by atoms with van der Waals surface area (Å²) in [6.45, 7) is 0.966. The minimum atomic E-state index is -1.46. The Labute approximate surface area is 119 Å². The summed E-state index contributed by atoms with van der Waals surface area (Å²) in [6, 6.07) is 1.66. The smallest absolute Gasteiger partial charge is 0.338 e. The lowest BCUT2D eigenvalue weighted by Gasteiger charge is -2.32. The Morgan fingerprint density at radius 2 is 2.05 bits per heavy atom. The molecule has 0 aromatic heterocycles. The molecule has 1 aromatic rings. The Kier molecular flexibility index (Phi) is 4.37. The molecule has 1 aromatic carbocycles. The van der Waals surface area contributed by atoms with Crippen molar-refractivity contribution < 1.29 is 24.3 Å². The van der Waals surface area contributed by atoms with Gasteiger partial charge >= 0.3 is 5.97 Å². The molecular weight excluding hydrogens is 283 g/mol. The molecule has 0 radical (unpaired) electrons. The molecule has 1 saturated heterocycles. The zero-order chi connectivity index (χ0) is 15.6. The van der Waals surface area contributed by atoms with E-state index >= 15 is 0 Å². The maximum atomic E-state index is 13.6. The first kappa shape index (κ1) is 15.2.